The standard InChI is InChI=1S/C18H19ClN2O4/c1-10-5-4-6-12(7-10)21-17(22)11(2)25-18(23)13-8-14(19)15(20)9-16(13)24-3/h4-9,11H,20H2,1-3H3,(H,21,22)/t11-/m0/s1. The van der Waals surface area contributed by atoms with E-state index < -0.39 is 18.0 Å². The van der Waals surface area contributed by atoms with Crippen LogP contribution in [-0.4, -0.2) is 25.1 Å². The van der Waals surface area contributed by atoms with Gasteiger partial charge in [-0.15, -0.1) is 0 Å². The van der Waals surface area contributed by atoms with Crippen LogP contribution in [0.1, 0.15) is 22.8 Å². The van der Waals surface area contributed by atoms with Crippen LogP contribution in [0, 0.1) is 6.92 Å². The molecule has 2 aromatic carbocycles. The maximum absolute atomic E-state index is 12.3. The first-order valence-electron chi connectivity index (χ1n) is 7.53. The third-order valence-corrected chi connectivity index (χ3v) is 3.80. The van der Waals surface area contributed by atoms with Gasteiger partial charge in [0.1, 0.15) is 11.3 Å². The molecule has 0 aliphatic heterocycles. The van der Waals surface area contributed by atoms with E-state index in [1.54, 1.807) is 6.07 Å². The summed E-state index contributed by atoms with van der Waals surface area (Å²) in [5, 5.41) is 2.89. The summed E-state index contributed by atoms with van der Waals surface area (Å²) in [6, 6.07) is 10.1. The molecule has 0 bridgehead atoms. The van der Waals surface area contributed by atoms with Crippen LogP contribution < -0.4 is 15.8 Å². The smallest absolute Gasteiger partial charge is 0.342 e. The first-order valence-corrected chi connectivity index (χ1v) is 7.91. The number of anilines is 2. The quantitative estimate of drug-likeness (QED) is 0.628. The second-order valence-corrected chi connectivity index (χ2v) is 5.89. The highest BCUT2D eigenvalue weighted by molar-refractivity contribution is 6.33. The van der Waals surface area contributed by atoms with Gasteiger partial charge in [0.2, 0.25) is 0 Å². The molecule has 0 aliphatic rings. The van der Waals surface area contributed by atoms with Crippen LogP contribution in [0.2, 0.25) is 5.02 Å². The molecule has 0 heterocycles. The van der Waals surface area contributed by atoms with E-state index in [0.29, 0.717) is 5.69 Å². The number of halogens is 1. The maximum atomic E-state index is 12.3. The molecule has 25 heavy (non-hydrogen) atoms. The molecule has 7 heteroatoms. The van der Waals surface area contributed by atoms with Crippen molar-refractivity contribution in [2.75, 3.05) is 18.2 Å². The molecule has 0 fully saturated rings. The van der Waals surface area contributed by atoms with Gasteiger partial charge in [0.05, 0.1) is 17.8 Å². The Balaban J connectivity index is 2.09. The lowest BCUT2D eigenvalue weighted by Gasteiger charge is -2.15. The summed E-state index contributed by atoms with van der Waals surface area (Å²) in [7, 11) is 1.40. The molecule has 0 saturated carbocycles. The minimum absolute atomic E-state index is 0.0944. The van der Waals surface area contributed by atoms with Gasteiger partial charge in [-0.1, -0.05) is 23.7 Å². The first-order chi connectivity index (χ1) is 11.8. The van der Waals surface area contributed by atoms with E-state index in [0.717, 1.165) is 5.56 Å². The molecule has 0 aliphatic carbocycles. The van der Waals surface area contributed by atoms with Crippen molar-refractivity contribution in [2.24, 2.45) is 0 Å². The largest absolute Gasteiger partial charge is 0.496 e. The Morgan fingerprint density at radius 3 is 2.60 bits per heavy atom. The molecule has 1 amide bonds. The summed E-state index contributed by atoms with van der Waals surface area (Å²) >= 11 is 5.94. The molecular weight excluding hydrogens is 344 g/mol. The van der Waals surface area contributed by atoms with E-state index in [9.17, 15) is 9.59 Å². The van der Waals surface area contributed by atoms with Gasteiger partial charge in [-0.25, -0.2) is 4.79 Å². The number of nitrogen functional groups attached to an aromatic ring is 1. The summed E-state index contributed by atoms with van der Waals surface area (Å²) in [5.41, 5.74) is 7.69. The molecule has 132 valence electrons. The van der Waals surface area contributed by atoms with Crippen molar-refractivity contribution in [3.63, 3.8) is 0 Å². The number of nitrogens with one attached hydrogen (secondary N) is 1. The average molecular weight is 363 g/mol. The monoisotopic (exact) mass is 362 g/mol. The second kappa shape index (κ2) is 7.90. The summed E-state index contributed by atoms with van der Waals surface area (Å²) < 4.78 is 10.3. The Labute approximate surface area is 150 Å². The van der Waals surface area contributed by atoms with Crippen molar-refractivity contribution in [1.82, 2.24) is 0 Å². The number of hydrogen-bond acceptors (Lipinski definition) is 5. The number of esters is 1. The average Bonchev–Trinajstić information content (AvgIpc) is 2.56. The number of ether oxygens (including phenoxy) is 2. The first kappa shape index (κ1) is 18.6. The zero-order valence-corrected chi connectivity index (χ0v) is 14.9. The Kier molecular flexibility index (Phi) is 5.88. The Bertz CT molecular complexity index is 808. The Morgan fingerprint density at radius 1 is 1.24 bits per heavy atom. The molecular formula is C18H19ClN2O4. The fourth-order valence-electron chi connectivity index (χ4n) is 2.14. The topological polar surface area (TPSA) is 90.7 Å². The van der Waals surface area contributed by atoms with Gasteiger partial charge in [0.15, 0.2) is 6.10 Å². The van der Waals surface area contributed by atoms with Crippen LogP contribution in [0.4, 0.5) is 11.4 Å². The summed E-state index contributed by atoms with van der Waals surface area (Å²) in [6.07, 6.45) is -1.01. The molecule has 6 nitrogen and oxygen atoms in total. The van der Waals surface area contributed by atoms with Crippen molar-refractivity contribution >= 4 is 34.9 Å². The number of rotatable bonds is 5. The molecule has 2 aromatic rings. The molecule has 0 radical (unpaired) electrons. The number of hydrogen-bond donors (Lipinski definition) is 2. The van der Waals surface area contributed by atoms with Crippen molar-refractivity contribution in [2.45, 2.75) is 20.0 Å². The fourth-order valence-corrected chi connectivity index (χ4v) is 2.31. The van der Waals surface area contributed by atoms with Gasteiger partial charge in [-0.2, -0.15) is 0 Å². The van der Waals surface area contributed by atoms with E-state index >= 15 is 0 Å². The van der Waals surface area contributed by atoms with E-state index in [2.05, 4.69) is 5.32 Å². The molecule has 0 aromatic heterocycles. The lowest BCUT2D eigenvalue weighted by molar-refractivity contribution is -0.123. The normalized spacial score (nSPS) is 11.5. The van der Waals surface area contributed by atoms with Gasteiger partial charge in [-0.3, -0.25) is 4.79 Å². The highest BCUT2D eigenvalue weighted by atomic mass is 35.5. The third-order valence-electron chi connectivity index (χ3n) is 3.48. The number of carbonyl (C=O) groups is 2. The minimum atomic E-state index is -1.01. The zero-order chi connectivity index (χ0) is 18.6. The zero-order valence-electron chi connectivity index (χ0n) is 14.1. The van der Waals surface area contributed by atoms with Crippen LogP contribution in [0.3, 0.4) is 0 Å². The highest BCUT2D eigenvalue weighted by Gasteiger charge is 2.22. The summed E-state index contributed by atoms with van der Waals surface area (Å²) in [4.78, 5) is 24.5. The Hall–Kier alpha value is -2.73. The van der Waals surface area contributed by atoms with Crippen molar-refractivity contribution in [1.29, 1.82) is 0 Å². The van der Waals surface area contributed by atoms with Crippen LogP contribution in [-0.2, 0) is 9.53 Å². The van der Waals surface area contributed by atoms with Gasteiger partial charge >= 0.3 is 5.97 Å². The number of amides is 1. The van der Waals surface area contributed by atoms with E-state index in [1.165, 1.54) is 26.2 Å². The maximum Gasteiger partial charge on any atom is 0.342 e. The summed E-state index contributed by atoms with van der Waals surface area (Å²) in [6.45, 7) is 3.39. The van der Waals surface area contributed by atoms with Gasteiger partial charge in [-0.05, 0) is 37.6 Å². The molecule has 3 N–H and O–H groups in total. The van der Waals surface area contributed by atoms with Gasteiger partial charge in [0, 0.05) is 11.8 Å². The van der Waals surface area contributed by atoms with Gasteiger partial charge in [0.25, 0.3) is 5.91 Å². The summed E-state index contributed by atoms with van der Waals surface area (Å²) in [5.74, 6) is -0.955. The van der Waals surface area contributed by atoms with Crippen molar-refractivity contribution in [3.05, 3.63) is 52.5 Å². The van der Waals surface area contributed by atoms with E-state index in [4.69, 9.17) is 26.8 Å². The van der Waals surface area contributed by atoms with Crippen LogP contribution in [0.25, 0.3) is 0 Å². The molecule has 1 atom stereocenters. The van der Waals surface area contributed by atoms with Crippen LogP contribution >= 0.6 is 11.6 Å². The molecule has 0 unspecified atom stereocenters. The number of methoxy groups -OCH3 is 1. The minimum Gasteiger partial charge on any atom is -0.496 e. The molecule has 2 rings (SSSR count). The lowest BCUT2D eigenvalue weighted by Crippen LogP contribution is -2.30. The van der Waals surface area contributed by atoms with Crippen molar-refractivity contribution < 1.29 is 19.1 Å². The fraction of sp³-hybridized carbons (Fsp3) is 0.222. The highest BCUT2D eigenvalue weighted by Crippen LogP contribution is 2.29. The van der Waals surface area contributed by atoms with E-state index in [-0.39, 0.29) is 22.0 Å². The van der Waals surface area contributed by atoms with Crippen LogP contribution in [0.15, 0.2) is 36.4 Å². The molecule has 0 spiro atoms. The number of carbonyl (C=O) groups excluding carboxylic acids is 2. The van der Waals surface area contributed by atoms with Gasteiger partial charge < -0.3 is 20.5 Å². The second-order valence-electron chi connectivity index (χ2n) is 5.48. The number of benzene rings is 2. The number of aryl methyl sites for hydroxylation is 1. The predicted molar refractivity (Wildman–Crippen MR) is 97.1 cm³/mol. The van der Waals surface area contributed by atoms with Crippen molar-refractivity contribution in [3.8, 4) is 5.75 Å². The lowest BCUT2D eigenvalue weighted by atomic mass is 10.2. The Morgan fingerprint density at radius 2 is 1.96 bits per heavy atom. The van der Waals surface area contributed by atoms with Crippen LogP contribution in [0.5, 0.6) is 5.75 Å². The SMILES string of the molecule is COc1cc(N)c(Cl)cc1C(=O)O[C@@H](C)C(=O)Nc1cccc(C)c1. The number of nitrogens with two attached hydrogens (primary N) is 1. The predicted octanol–water partition coefficient (Wildman–Crippen LogP) is 3.42. The van der Waals surface area contributed by atoms with E-state index in [1.807, 2.05) is 25.1 Å². The third kappa shape index (κ3) is 4.64. The molecule has 0 saturated heterocycles.